The predicted octanol–water partition coefficient (Wildman–Crippen LogP) is 1.90. The van der Waals surface area contributed by atoms with Crippen molar-refractivity contribution in [1.29, 1.82) is 0 Å². The van der Waals surface area contributed by atoms with Gasteiger partial charge in [-0.3, -0.25) is 4.79 Å². The lowest BCUT2D eigenvalue weighted by Crippen LogP contribution is -2.18. The normalized spacial score (nSPS) is 12.2. The molecular formula is C15H20N4O2. The second-order valence-electron chi connectivity index (χ2n) is 4.98. The molecule has 1 unspecified atom stereocenters. The molecule has 0 radical (unpaired) electrons. The summed E-state index contributed by atoms with van der Waals surface area (Å²) < 4.78 is 5.16. The number of pyridine rings is 1. The molecule has 112 valence electrons. The number of methoxy groups -OCH3 is 1. The number of aromatic amines is 1. The fraction of sp³-hybridized carbons (Fsp3) is 0.400. The quantitative estimate of drug-likeness (QED) is 0.878. The molecule has 2 aromatic heterocycles. The standard InChI is InChI=1S/C15H20N4O2/c1-9(21-4)7-16-13-6-5-12(8-17-13)14-18-11(3)10(2)15(20)19-14/h5-6,8-9H,7H2,1-4H3,(H,16,17)(H,18,19,20). The molecule has 0 bridgehead atoms. The molecule has 2 N–H and O–H groups in total. The van der Waals surface area contributed by atoms with Crippen LogP contribution in [0.15, 0.2) is 23.1 Å². The molecule has 2 aromatic rings. The number of aryl methyl sites for hydroxylation is 1. The van der Waals surface area contributed by atoms with Gasteiger partial charge in [0, 0.05) is 36.7 Å². The van der Waals surface area contributed by atoms with E-state index in [2.05, 4.69) is 20.3 Å². The molecule has 1 atom stereocenters. The van der Waals surface area contributed by atoms with E-state index in [1.807, 2.05) is 26.0 Å². The number of nitrogens with one attached hydrogen (secondary N) is 2. The van der Waals surface area contributed by atoms with Crippen molar-refractivity contribution in [2.75, 3.05) is 19.0 Å². The van der Waals surface area contributed by atoms with Gasteiger partial charge >= 0.3 is 0 Å². The molecule has 21 heavy (non-hydrogen) atoms. The predicted molar refractivity (Wildman–Crippen MR) is 82.5 cm³/mol. The van der Waals surface area contributed by atoms with E-state index in [1.54, 1.807) is 20.2 Å². The summed E-state index contributed by atoms with van der Waals surface area (Å²) in [6.45, 7) is 6.24. The van der Waals surface area contributed by atoms with Crippen molar-refractivity contribution in [3.8, 4) is 11.4 Å². The van der Waals surface area contributed by atoms with Crippen molar-refractivity contribution >= 4 is 5.82 Å². The Bertz CT molecular complexity index is 664. The van der Waals surface area contributed by atoms with Gasteiger partial charge in [-0.25, -0.2) is 9.97 Å². The van der Waals surface area contributed by atoms with Crippen LogP contribution in [0.5, 0.6) is 0 Å². The minimum atomic E-state index is -0.117. The highest BCUT2D eigenvalue weighted by atomic mass is 16.5. The zero-order valence-electron chi connectivity index (χ0n) is 12.7. The number of hydrogen-bond acceptors (Lipinski definition) is 5. The second kappa shape index (κ2) is 6.49. The van der Waals surface area contributed by atoms with E-state index in [1.165, 1.54) is 0 Å². The lowest BCUT2D eigenvalue weighted by atomic mass is 10.2. The summed E-state index contributed by atoms with van der Waals surface area (Å²) in [6, 6.07) is 3.73. The second-order valence-corrected chi connectivity index (χ2v) is 4.98. The van der Waals surface area contributed by atoms with Crippen molar-refractivity contribution in [2.45, 2.75) is 26.9 Å². The third-order valence-electron chi connectivity index (χ3n) is 3.40. The zero-order valence-corrected chi connectivity index (χ0v) is 12.7. The number of ether oxygens (including phenoxy) is 1. The van der Waals surface area contributed by atoms with E-state index in [-0.39, 0.29) is 11.7 Å². The number of aromatic nitrogens is 3. The summed E-state index contributed by atoms with van der Waals surface area (Å²) in [5.41, 5.74) is 2.03. The van der Waals surface area contributed by atoms with Crippen LogP contribution in [-0.4, -0.2) is 34.7 Å². The van der Waals surface area contributed by atoms with Gasteiger partial charge < -0.3 is 15.0 Å². The van der Waals surface area contributed by atoms with Gasteiger partial charge in [-0.1, -0.05) is 0 Å². The molecule has 2 rings (SSSR count). The average molecular weight is 288 g/mol. The summed E-state index contributed by atoms with van der Waals surface area (Å²) in [4.78, 5) is 23.2. The molecule has 0 amide bonds. The van der Waals surface area contributed by atoms with Gasteiger partial charge in [-0.2, -0.15) is 0 Å². The van der Waals surface area contributed by atoms with Gasteiger partial charge in [0.15, 0.2) is 0 Å². The number of hydrogen-bond donors (Lipinski definition) is 2. The van der Waals surface area contributed by atoms with Crippen LogP contribution >= 0.6 is 0 Å². The fourth-order valence-corrected chi connectivity index (χ4v) is 1.75. The Labute approximate surface area is 123 Å². The number of anilines is 1. The minimum absolute atomic E-state index is 0.115. The molecule has 0 saturated heterocycles. The maximum atomic E-state index is 11.8. The van der Waals surface area contributed by atoms with Gasteiger partial charge in [0.05, 0.1) is 6.10 Å². The first-order valence-electron chi connectivity index (χ1n) is 6.82. The largest absolute Gasteiger partial charge is 0.380 e. The molecule has 0 saturated carbocycles. The smallest absolute Gasteiger partial charge is 0.254 e. The van der Waals surface area contributed by atoms with Crippen molar-refractivity contribution < 1.29 is 4.74 Å². The lowest BCUT2D eigenvalue weighted by molar-refractivity contribution is 0.128. The maximum absolute atomic E-state index is 11.8. The van der Waals surface area contributed by atoms with Crippen molar-refractivity contribution in [1.82, 2.24) is 15.0 Å². The molecule has 0 fully saturated rings. The topological polar surface area (TPSA) is 79.9 Å². The van der Waals surface area contributed by atoms with E-state index < -0.39 is 0 Å². The van der Waals surface area contributed by atoms with Crippen molar-refractivity contribution in [2.24, 2.45) is 0 Å². The molecular weight excluding hydrogens is 268 g/mol. The number of H-pyrrole nitrogens is 1. The highest BCUT2D eigenvalue weighted by Crippen LogP contribution is 2.15. The van der Waals surface area contributed by atoms with E-state index >= 15 is 0 Å². The summed E-state index contributed by atoms with van der Waals surface area (Å²) in [5.74, 6) is 1.29. The van der Waals surface area contributed by atoms with Gasteiger partial charge in [0.25, 0.3) is 5.56 Å². The van der Waals surface area contributed by atoms with Gasteiger partial charge in [-0.05, 0) is 32.9 Å². The highest BCUT2D eigenvalue weighted by molar-refractivity contribution is 5.56. The van der Waals surface area contributed by atoms with Gasteiger partial charge in [0.2, 0.25) is 0 Å². The Morgan fingerprint density at radius 3 is 2.71 bits per heavy atom. The lowest BCUT2D eigenvalue weighted by Gasteiger charge is -2.11. The molecule has 0 spiro atoms. The minimum Gasteiger partial charge on any atom is -0.380 e. The highest BCUT2D eigenvalue weighted by Gasteiger charge is 2.07. The number of rotatable bonds is 5. The van der Waals surface area contributed by atoms with Crippen LogP contribution in [0.4, 0.5) is 5.82 Å². The van der Waals surface area contributed by atoms with Crippen LogP contribution < -0.4 is 10.9 Å². The van der Waals surface area contributed by atoms with Crippen LogP contribution in [-0.2, 0) is 4.74 Å². The molecule has 0 aliphatic heterocycles. The Kier molecular flexibility index (Phi) is 4.70. The molecule has 0 aliphatic rings. The Morgan fingerprint density at radius 2 is 2.14 bits per heavy atom. The first kappa shape index (κ1) is 15.2. The number of nitrogens with zero attached hydrogens (tertiary/aromatic N) is 2. The SMILES string of the molecule is COC(C)CNc1ccc(-c2nc(C)c(C)c(=O)[nH]2)cn1. The third kappa shape index (κ3) is 3.66. The van der Waals surface area contributed by atoms with Crippen molar-refractivity contribution in [3.63, 3.8) is 0 Å². The molecule has 0 aliphatic carbocycles. The molecule has 0 aromatic carbocycles. The summed E-state index contributed by atoms with van der Waals surface area (Å²) >= 11 is 0. The van der Waals surface area contributed by atoms with Gasteiger partial charge in [0.1, 0.15) is 11.6 Å². The maximum Gasteiger partial charge on any atom is 0.254 e. The molecule has 6 heteroatoms. The van der Waals surface area contributed by atoms with Crippen LogP contribution in [0, 0.1) is 13.8 Å². The van der Waals surface area contributed by atoms with Crippen LogP contribution in [0.3, 0.4) is 0 Å². The first-order chi connectivity index (χ1) is 10.0. The van der Waals surface area contributed by atoms with Crippen LogP contribution in [0.25, 0.3) is 11.4 Å². The van der Waals surface area contributed by atoms with E-state index in [9.17, 15) is 4.79 Å². The Hall–Kier alpha value is -2.21. The Balaban J connectivity index is 2.17. The summed E-state index contributed by atoms with van der Waals surface area (Å²) in [6.07, 6.45) is 1.80. The zero-order chi connectivity index (χ0) is 15.4. The monoisotopic (exact) mass is 288 g/mol. The van der Waals surface area contributed by atoms with Crippen molar-refractivity contribution in [3.05, 3.63) is 39.9 Å². The van der Waals surface area contributed by atoms with Crippen LogP contribution in [0.1, 0.15) is 18.2 Å². The van der Waals surface area contributed by atoms with E-state index in [0.717, 1.165) is 17.1 Å². The average Bonchev–Trinajstić information content (AvgIpc) is 2.50. The van der Waals surface area contributed by atoms with Crippen LogP contribution in [0.2, 0.25) is 0 Å². The fourth-order valence-electron chi connectivity index (χ4n) is 1.75. The molecule has 2 heterocycles. The molecule has 6 nitrogen and oxygen atoms in total. The summed E-state index contributed by atoms with van der Waals surface area (Å²) in [5, 5.41) is 3.18. The Morgan fingerprint density at radius 1 is 1.38 bits per heavy atom. The van der Waals surface area contributed by atoms with Gasteiger partial charge in [-0.15, -0.1) is 0 Å². The van der Waals surface area contributed by atoms with E-state index in [4.69, 9.17) is 4.74 Å². The van der Waals surface area contributed by atoms with E-state index in [0.29, 0.717) is 17.9 Å². The first-order valence-corrected chi connectivity index (χ1v) is 6.82. The summed E-state index contributed by atoms with van der Waals surface area (Å²) in [7, 11) is 1.67. The third-order valence-corrected chi connectivity index (χ3v) is 3.40.